The van der Waals surface area contributed by atoms with Crippen LogP contribution in [0.2, 0.25) is 0 Å². The molecular weight excluding hydrogens is 225 g/mol. The van der Waals surface area contributed by atoms with E-state index in [4.69, 9.17) is 32.4 Å². The fourth-order valence-electron chi connectivity index (χ4n) is 1.46. The molecule has 1 aromatic rings. The molecule has 3 atom stereocenters. The fourth-order valence-corrected chi connectivity index (χ4v) is 2.11. The molecule has 14 heavy (non-hydrogen) atoms. The predicted octanol–water partition coefficient (Wildman–Crippen LogP) is 2.73. The Labute approximate surface area is 92.3 Å². The van der Waals surface area contributed by atoms with Crippen molar-refractivity contribution in [3.8, 4) is 0 Å². The largest absolute Gasteiger partial charge is 0.466 e. The highest BCUT2D eigenvalue weighted by Crippen LogP contribution is 2.37. The Morgan fingerprint density at radius 3 is 2.71 bits per heavy atom. The maximum Gasteiger partial charge on any atom is 0.195 e. The lowest BCUT2D eigenvalue weighted by Gasteiger charge is -2.14. The molecule has 0 bridgehead atoms. The van der Waals surface area contributed by atoms with Gasteiger partial charge in [0.1, 0.15) is 17.4 Å². The second kappa shape index (κ2) is 3.42. The Morgan fingerprint density at radius 1 is 1.57 bits per heavy atom. The van der Waals surface area contributed by atoms with Gasteiger partial charge < -0.3 is 9.15 Å². The van der Waals surface area contributed by atoms with Gasteiger partial charge in [-0.15, -0.1) is 11.6 Å². The molecule has 5 heteroatoms. The van der Waals surface area contributed by atoms with E-state index in [1.165, 1.54) is 0 Å². The van der Waals surface area contributed by atoms with Crippen LogP contribution in [0.4, 0.5) is 0 Å². The van der Waals surface area contributed by atoms with Gasteiger partial charge in [-0.25, -0.2) is 0 Å². The zero-order chi connectivity index (χ0) is 10.3. The van der Waals surface area contributed by atoms with Crippen LogP contribution in [-0.4, -0.2) is 10.7 Å². The van der Waals surface area contributed by atoms with E-state index < -0.39 is 5.18 Å². The summed E-state index contributed by atoms with van der Waals surface area (Å²) in [6.07, 6.45) is 1.32. The summed E-state index contributed by atoms with van der Waals surface area (Å²) in [5.41, 5.74) is 0.665. The van der Waals surface area contributed by atoms with Crippen molar-refractivity contribution >= 4 is 23.2 Å². The van der Waals surface area contributed by atoms with Gasteiger partial charge >= 0.3 is 0 Å². The van der Waals surface area contributed by atoms with Gasteiger partial charge in [0, 0.05) is 0 Å². The summed E-state index contributed by atoms with van der Waals surface area (Å²) in [5, 5.41) is 1.98. The van der Waals surface area contributed by atoms with Gasteiger partial charge in [0.2, 0.25) is 0 Å². The highest BCUT2D eigenvalue weighted by molar-refractivity contribution is 6.25. The molecule has 1 N–H and O–H groups in total. The molecule has 0 spiro atoms. The molecule has 0 amide bonds. The van der Waals surface area contributed by atoms with Gasteiger partial charge in [-0.3, -0.25) is 5.32 Å². The van der Waals surface area contributed by atoms with Crippen LogP contribution in [0.3, 0.4) is 0 Å². The highest BCUT2D eigenvalue weighted by Gasteiger charge is 2.42. The molecule has 1 aliphatic heterocycles. The molecule has 0 aromatic carbocycles. The van der Waals surface area contributed by atoms with Crippen LogP contribution in [0.1, 0.15) is 24.4 Å². The molecule has 0 aliphatic carbocycles. The van der Waals surface area contributed by atoms with Crippen molar-refractivity contribution in [1.82, 2.24) is 5.32 Å². The molecule has 3 nitrogen and oxygen atoms in total. The number of hydrogen-bond acceptors (Lipinski definition) is 3. The van der Waals surface area contributed by atoms with Gasteiger partial charge in [-0.1, -0.05) is 11.6 Å². The van der Waals surface area contributed by atoms with Gasteiger partial charge in [-0.2, -0.15) is 0 Å². The lowest BCUT2D eigenvalue weighted by Crippen LogP contribution is -2.33. The Morgan fingerprint density at radius 2 is 2.29 bits per heavy atom. The molecule has 2 heterocycles. The summed E-state index contributed by atoms with van der Waals surface area (Å²) < 4.78 is 10.8. The predicted molar refractivity (Wildman–Crippen MR) is 54.3 cm³/mol. The Bertz CT molecular complexity index is 337. The van der Waals surface area contributed by atoms with E-state index in [-0.39, 0.29) is 11.6 Å². The topological polar surface area (TPSA) is 34.4 Å². The Kier molecular flexibility index (Phi) is 2.52. The summed E-state index contributed by atoms with van der Waals surface area (Å²) in [6, 6.07) is 1.89. The van der Waals surface area contributed by atoms with E-state index in [0.29, 0.717) is 5.76 Å². The van der Waals surface area contributed by atoms with E-state index >= 15 is 0 Å². The van der Waals surface area contributed by atoms with E-state index in [1.54, 1.807) is 13.2 Å². The number of nitrogens with one attached hydrogen (secondary N) is 1. The number of furan rings is 1. The van der Waals surface area contributed by atoms with Crippen LogP contribution < -0.4 is 5.32 Å². The van der Waals surface area contributed by atoms with Crippen LogP contribution in [0.5, 0.6) is 0 Å². The lowest BCUT2D eigenvalue weighted by molar-refractivity contribution is 0.0109. The number of ether oxygens (including phenoxy) is 1. The van der Waals surface area contributed by atoms with Crippen LogP contribution in [-0.2, 0) is 4.74 Å². The van der Waals surface area contributed by atoms with Gasteiger partial charge in [-0.05, 0) is 25.5 Å². The fraction of sp³-hybridized carbons (Fsp3) is 0.556. The molecule has 1 saturated heterocycles. The van der Waals surface area contributed by atoms with Crippen LogP contribution in [0.25, 0.3) is 0 Å². The van der Waals surface area contributed by atoms with Crippen molar-refractivity contribution < 1.29 is 9.15 Å². The summed E-state index contributed by atoms with van der Waals surface area (Å²) in [4.78, 5) is 0. The summed E-state index contributed by atoms with van der Waals surface area (Å²) in [6.45, 7) is 3.65. The molecule has 1 fully saturated rings. The average molecular weight is 236 g/mol. The Hall–Kier alpha value is -0.220. The lowest BCUT2D eigenvalue weighted by atomic mass is 10.2. The molecule has 0 saturated carbocycles. The number of hydrogen-bond donors (Lipinski definition) is 1. The van der Waals surface area contributed by atoms with Crippen molar-refractivity contribution in [2.24, 2.45) is 0 Å². The zero-order valence-corrected chi connectivity index (χ0v) is 9.39. The number of halogens is 2. The standard InChI is InChI=1S/C9H11Cl2NO2/c1-5-3-6(13-4-5)7-8(10)12-9(2,11)14-7/h3-4,7-8,12H,1-2H3. The van der Waals surface area contributed by atoms with E-state index in [1.807, 2.05) is 13.0 Å². The van der Waals surface area contributed by atoms with Crippen molar-refractivity contribution in [1.29, 1.82) is 0 Å². The maximum atomic E-state index is 6.03. The second-order valence-electron chi connectivity index (χ2n) is 3.53. The van der Waals surface area contributed by atoms with Crippen LogP contribution in [0.15, 0.2) is 16.7 Å². The average Bonchev–Trinajstić information content (AvgIpc) is 2.55. The molecule has 3 unspecified atom stereocenters. The third-order valence-electron chi connectivity index (χ3n) is 2.04. The quantitative estimate of drug-likeness (QED) is 0.601. The van der Waals surface area contributed by atoms with Crippen LogP contribution in [0, 0.1) is 6.92 Å². The summed E-state index contributed by atoms with van der Waals surface area (Å²) in [7, 11) is 0. The second-order valence-corrected chi connectivity index (χ2v) is 4.72. The van der Waals surface area contributed by atoms with Gasteiger partial charge in [0.25, 0.3) is 0 Å². The molecular formula is C9H11Cl2NO2. The van der Waals surface area contributed by atoms with Gasteiger partial charge in [0.15, 0.2) is 5.18 Å². The normalized spacial score (nSPS) is 37.7. The highest BCUT2D eigenvalue weighted by atomic mass is 35.5. The van der Waals surface area contributed by atoms with Crippen molar-refractivity contribution in [2.75, 3.05) is 0 Å². The minimum absolute atomic E-state index is 0.340. The number of rotatable bonds is 1. The third-order valence-corrected chi connectivity index (χ3v) is 2.58. The first-order chi connectivity index (χ1) is 6.48. The van der Waals surface area contributed by atoms with E-state index in [0.717, 1.165) is 5.56 Å². The van der Waals surface area contributed by atoms with Crippen molar-refractivity contribution in [2.45, 2.75) is 30.6 Å². The molecule has 1 aliphatic rings. The summed E-state index contributed by atoms with van der Waals surface area (Å²) in [5.74, 6) is 0.694. The third kappa shape index (κ3) is 1.91. The Balaban J connectivity index is 2.20. The summed E-state index contributed by atoms with van der Waals surface area (Å²) >= 11 is 12.0. The van der Waals surface area contributed by atoms with Crippen molar-refractivity contribution in [3.05, 3.63) is 23.7 Å². The van der Waals surface area contributed by atoms with E-state index in [9.17, 15) is 0 Å². The van der Waals surface area contributed by atoms with Crippen molar-refractivity contribution in [3.63, 3.8) is 0 Å². The zero-order valence-electron chi connectivity index (χ0n) is 7.88. The first-order valence-electron chi connectivity index (χ1n) is 4.31. The number of aryl methyl sites for hydroxylation is 1. The number of alkyl halides is 2. The molecule has 2 rings (SSSR count). The SMILES string of the molecule is Cc1coc(C2OC(C)(Cl)NC2Cl)c1. The molecule has 78 valence electrons. The molecule has 0 radical (unpaired) electrons. The minimum Gasteiger partial charge on any atom is -0.466 e. The van der Waals surface area contributed by atoms with Crippen LogP contribution >= 0.6 is 23.2 Å². The van der Waals surface area contributed by atoms with Gasteiger partial charge in [0.05, 0.1) is 6.26 Å². The smallest absolute Gasteiger partial charge is 0.195 e. The maximum absolute atomic E-state index is 6.03. The van der Waals surface area contributed by atoms with E-state index in [2.05, 4.69) is 5.32 Å². The minimum atomic E-state index is -0.919. The monoisotopic (exact) mass is 235 g/mol. The first kappa shape index (κ1) is 10.3. The first-order valence-corrected chi connectivity index (χ1v) is 5.13. The molecule has 1 aromatic heterocycles.